The topological polar surface area (TPSA) is 35.2 Å². The largest absolute Gasteiger partial charge is 0.494 e. The summed E-state index contributed by atoms with van der Waals surface area (Å²) in [6.45, 7) is 2.48. The van der Waals surface area contributed by atoms with Crippen LogP contribution in [-0.2, 0) is 0 Å². The maximum atomic E-state index is 13.3. The van der Waals surface area contributed by atoms with E-state index in [9.17, 15) is 4.39 Å². The highest BCUT2D eigenvalue weighted by atomic mass is 79.9. The zero-order valence-electron chi connectivity index (χ0n) is 10.6. The lowest BCUT2D eigenvalue weighted by Gasteiger charge is -2.17. The van der Waals surface area contributed by atoms with Gasteiger partial charge in [0.1, 0.15) is 11.6 Å². The molecule has 0 bridgehead atoms. The molecule has 19 heavy (non-hydrogen) atoms. The van der Waals surface area contributed by atoms with Gasteiger partial charge in [0.15, 0.2) is 0 Å². The van der Waals surface area contributed by atoms with Crippen LogP contribution in [0.3, 0.4) is 0 Å². The van der Waals surface area contributed by atoms with Crippen LogP contribution in [0.15, 0.2) is 46.9 Å². The third-order valence-electron chi connectivity index (χ3n) is 2.81. The van der Waals surface area contributed by atoms with Crippen molar-refractivity contribution in [2.24, 2.45) is 5.73 Å². The lowest BCUT2D eigenvalue weighted by atomic mass is 9.99. The van der Waals surface area contributed by atoms with Gasteiger partial charge in [-0.2, -0.15) is 0 Å². The van der Waals surface area contributed by atoms with Crippen molar-refractivity contribution < 1.29 is 9.13 Å². The molecular weight excluding hydrogens is 309 g/mol. The highest BCUT2D eigenvalue weighted by Gasteiger charge is 2.15. The van der Waals surface area contributed by atoms with Crippen molar-refractivity contribution in [1.29, 1.82) is 0 Å². The van der Waals surface area contributed by atoms with Crippen LogP contribution in [0.2, 0.25) is 0 Å². The molecule has 100 valence electrons. The van der Waals surface area contributed by atoms with Crippen molar-refractivity contribution >= 4 is 15.9 Å². The van der Waals surface area contributed by atoms with Crippen molar-refractivity contribution in [3.63, 3.8) is 0 Å². The van der Waals surface area contributed by atoms with E-state index in [0.717, 1.165) is 21.3 Å². The fraction of sp³-hybridized carbons (Fsp3) is 0.200. The van der Waals surface area contributed by atoms with Crippen LogP contribution in [0.5, 0.6) is 5.75 Å². The Morgan fingerprint density at radius 1 is 1.26 bits per heavy atom. The van der Waals surface area contributed by atoms with Crippen LogP contribution < -0.4 is 10.5 Å². The smallest absolute Gasteiger partial charge is 0.124 e. The summed E-state index contributed by atoms with van der Waals surface area (Å²) in [5, 5.41) is 0. The SMILES string of the molecule is CCOc1ccc(Br)cc1C(N)c1cccc(F)c1. The summed E-state index contributed by atoms with van der Waals surface area (Å²) in [5.74, 6) is 0.434. The number of halogens is 2. The predicted octanol–water partition coefficient (Wildman–Crippen LogP) is 4.04. The first-order valence-corrected chi connectivity index (χ1v) is 6.84. The molecule has 0 aromatic heterocycles. The average Bonchev–Trinajstić information content (AvgIpc) is 2.40. The van der Waals surface area contributed by atoms with E-state index < -0.39 is 6.04 Å². The summed E-state index contributed by atoms with van der Waals surface area (Å²) < 4.78 is 19.8. The molecule has 2 rings (SSSR count). The Hall–Kier alpha value is -1.39. The number of rotatable bonds is 4. The summed E-state index contributed by atoms with van der Waals surface area (Å²) in [6.07, 6.45) is 0. The second-order valence-corrected chi connectivity index (χ2v) is 5.06. The maximum absolute atomic E-state index is 13.3. The van der Waals surface area contributed by atoms with Gasteiger partial charge in [0, 0.05) is 10.0 Å². The first-order valence-electron chi connectivity index (χ1n) is 6.05. The number of hydrogen-bond donors (Lipinski definition) is 1. The van der Waals surface area contributed by atoms with Gasteiger partial charge >= 0.3 is 0 Å². The Kier molecular flexibility index (Phi) is 4.56. The molecule has 0 saturated heterocycles. The Bertz CT molecular complexity index is 574. The molecule has 2 aromatic carbocycles. The van der Waals surface area contributed by atoms with E-state index in [0.29, 0.717) is 6.61 Å². The first-order chi connectivity index (χ1) is 9.11. The summed E-state index contributed by atoms with van der Waals surface area (Å²) in [6, 6.07) is 11.6. The van der Waals surface area contributed by atoms with Crippen LogP contribution in [0, 0.1) is 5.82 Å². The lowest BCUT2D eigenvalue weighted by molar-refractivity contribution is 0.335. The molecule has 0 aliphatic heterocycles. The fourth-order valence-electron chi connectivity index (χ4n) is 1.93. The summed E-state index contributed by atoms with van der Waals surface area (Å²) in [7, 11) is 0. The van der Waals surface area contributed by atoms with E-state index in [1.165, 1.54) is 12.1 Å². The third-order valence-corrected chi connectivity index (χ3v) is 3.31. The molecule has 0 spiro atoms. The highest BCUT2D eigenvalue weighted by molar-refractivity contribution is 9.10. The van der Waals surface area contributed by atoms with Gasteiger partial charge in [-0.3, -0.25) is 0 Å². The van der Waals surface area contributed by atoms with E-state index in [1.807, 2.05) is 31.2 Å². The molecule has 2 aromatic rings. The third kappa shape index (κ3) is 3.33. The number of ether oxygens (including phenoxy) is 1. The zero-order valence-corrected chi connectivity index (χ0v) is 12.2. The van der Waals surface area contributed by atoms with E-state index >= 15 is 0 Å². The van der Waals surface area contributed by atoms with Gasteiger partial charge in [0.25, 0.3) is 0 Å². The first kappa shape index (κ1) is 14.0. The van der Waals surface area contributed by atoms with Crippen molar-refractivity contribution in [1.82, 2.24) is 0 Å². The second-order valence-electron chi connectivity index (χ2n) is 4.15. The molecular formula is C15H15BrFNO. The van der Waals surface area contributed by atoms with Crippen LogP contribution in [0.1, 0.15) is 24.1 Å². The van der Waals surface area contributed by atoms with Gasteiger partial charge in [-0.15, -0.1) is 0 Å². The van der Waals surface area contributed by atoms with Crippen molar-refractivity contribution in [3.8, 4) is 5.75 Å². The van der Waals surface area contributed by atoms with E-state index in [-0.39, 0.29) is 5.82 Å². The van der Waals surface area contributed by atoms with Gasteiger partial charge in [-0.05, 0) is 42.8 Å². The van der Waals surface area contributed by atoms with Crippen LogP contribution >= 0.6 is 15.9 Å². The lowest BCUT2D eigenvalue weighted by Crippen LogP contribution is -2.13. The van der Waals surface area contributed by atoms with Crippen molar-refractivity contribution in [3.05, 3.63) is 63.9 Å². The van der Waals surface area contributed by atoms with Crippen LogP contribution in [0.4, 0.5) is 4.39 Å². The molecule has 2 N–H and O–H groups in total. The number of nitrogens with two attached hydrogens (primary N) is 1. The van der Waals surface area contributed by atoms with E-state index in [2.05, 4.69) is 15.9 Å². The van der Waals surface area contributed by atoms with Gasteiger partial charge in [-0.1, -0.05) is 28.1 Å². The minimum atomic E-state index is -0.422. The Morgan fingerprint density at radius 2 is 2.05 bits per heavy atom. The van der Waals surface area contributed by atoms with E-state index in [1.54, 1.807) is 6.07 Å². The molecule has 4 heteroatoms. The Morgan fingerprint density at radius 3 is 2.74 bits per heavy atom. The quantitative estimate of drug-likeness (QED) is 0.921. The van der Waals surface area contributed by atoms with Crippen LogP contribution in [-0.4, -0.2) is 6.61 Å². The molecule has 0 fully saturated rings. The molecule has 0 aliphatic rings. The molecule has 0 aliphatic carbocycles. The van der Waals surface area contributed by atoms with Crippen molar-refractivity contribution in [2.75, 3.05) is 6.61 Å². The molecule has 0 heterocycles. The van der Waals surface area contributed by atoms with Gasteiger partial charge < -0.3 is 10.5 Å². The molecule has 0 saturated carbocycles. The molecule has 1 atom stereocenters. The van der Waals surface area contributed by atoms with Crippen LogP contribution in [0.25, 0.3) is 0 Å². The minimum Gasteiger partial charge on any atom is -0.494 e. The van der Waals surface area contributed by atoms with Gasteiger partial charge in [0.05, 0.1) is 12.6 Å². The molecule has 0 radical (unpaired) electrons. The molecule has 1 unspecified atom stereocenters. The summed E-state index contributed by atoms with van der Waals surface area (Å²) >= 11 is 3.42. The number of benzene rings is 2. The molecule has 0 amide bonds. The Labute approximate surface area is 120 Å². The zero-order chi connectivity index (χ0) is 13.8. The van der Waals surface area contributed by atoms with Gasteiger partial charge in [0.2, 0.25) is 0 Å². The van der Waals surface area contributed by atoms with Gasteiger partial charge in [-0.25, -0.2) is 4.39 Å². The minimum absolute atomic E-state index is 0.291. The Balaban J connectivity index is 2.42. The fourth-order valence-corrected chi connectivity index (χ4v) is 2.31. The monoisotopic (exact) mass is 323 g/mol. The maximum Gasteiger partial charge on any atom is 0.124 e. The normalized spacial score (nSPS) is 12.2. The summed E-state index contributed by atoms with van der Waals surface area (Å²) in [5.41, 5.74) is 7.77. The number of hydrogen-bond acceptors (Lipinski definition) is 2. The highest BCUT2D eigenvalue weighted by Crippen LogP contribution is 2.31. The van der Waals surface area contributed by atoms with Crippen molar-refractivity contribution in [2.45, 2.75) is 13.0 Å². The predicted molar refractivity (Wildman–Crippen MR) is 77.7 cm³/mol. The van der Waals surface area contributed by atoms with E-state index in [4.69, 9.17) is 10.5 Å². The average molecular weight is 324 g/mol. The standard InChI is InChI=1S/C15H15BrFNO/c1-2-19-14-7-6-11(16)9-13(14)15(18)10-4-3-5-12(17)8-10/h3-9,15H,2,18H2,1H3. The molecule has 2 nitrogen and oxygen atoms in total. The summed E-state index contributed by atoms with van der Waals surface area (Å²) in [4.78, 5) is 0. The second kappa shape index (κ2) is 6.17.